The van der Waals surface area contributed by atoms with Crippen molar-refractivity contribution in [1.29, 1.82) is 0 Å². The van der Waals surface area contributed by atoms with Crippen LogP contribution in [0.2, 0.25) is 10.0 Å². The minimum Gasteiger partial charge on any atom is -0.366 e. The van der Waals surface area contributed by atoms with Crippen molar-refractivity contribution in [2.45, 2.75) is 13.5 Å². The molecule has 3 N–H and O–H groups in total. The third-order valence-corrected chi connectivity index (χ3v) is 4.29. The number of halogens is 2. The van der Waals surface area contributed by atoms with Gasteiger partial charge in [-0.05, 0) is 36.4 Å². The molecule has 2 aromatic rings. The van der Waals surface area contributed by atoms with Gasteiger partial charge in [0.15, 0.2) is 0 Å². The van der Waals surface area contributed by atoms with E-state index in [9.17, 15) is 9.59 Å². The molecular formula is C18H19Cl2N3O2. The molecule has 0 aromatic heterocycles. The molecule has 0 heterocycles. The number of anilines is 1. The second-order valence-corrected chi connectivity index (χ2v) is 6.33. The van der Waals surface area contributed by atoms with Crippen molar-refractivity contribution in [3.63, 3.8) is 0 Å². The van der Waals surface area contributed by atoms with Gasteiger partial charge in [-0.2, -0.15) is 0 Å². The molecule has 5 nitrogen and oxygen atoms in total. The van der Waals surface area contributed by atoms with Gasteiger partial charge in [0.25, 0.3) is 0 Å². The number of benzene rings is 2. The Labute approximate surface area is 156 Å². The van der Waals surface area contributed by atoms with E-state index in [1.807, 2.05) is 17.9 Å². The number of hydrogen-bond acceptors (Lipinski definition) is 3. The number of rotatable bonds is 7. The van der Waals surface area contributed by atoms with Crippen LogP contribution in [0.5, 0.6) is 0 Å². The van der Waals surface area contributed by atoms with Crippen molar-refractivity contribution in [1.82, 2.24) is 4.90 Å². The van der Waals surface area contributed by atoms with Crippen LogP contribution in [0.15, 0.2) is 42.5 Å². The van der Waals surface area contributed by atoms with Crippen LogP contribution in [-0.2, 0) is 11.3 Å². The molecule has 2 amide bonds. The molecule has 0 bridgehead atoms. The van der Waals surface area contributed by atoms with Crippen LogP contribution in [0, 0.1) is 0 Å². The van der Waals surface area contributed by atoms with Gasteiger partial charge in [-0.1, -0.05) is 48.3 Å². The molecule has 132 valence electrons. The fourth-order valence-electron chi connectivity index (χ4n) is 2.36. The Bertz CT molecular complexity index is 760. The number of carbonyl (C=O) groups is 2. The summed E-state index contributed by atoms with van der Waals surface area (Å²) in [6.07, 6.45) is 0. The van der Waals surface area contributed by atoms with Crippen molar-refractivity contribution < 1.29 is 9.59 Å². The van der Waals surface area contributed by atoms with Crippen molar-refractivity contribution in [3.8, 4) is 0 Å². The maximum Gasteiger partial charge on any atom is 0.248 e. The maximum atomic E-state index is 12.3. The topological polar surface area (TPSA) is 75.4 Å². The lowest BCUT2D eigenvalue weighted by Gasteiger charge is -2.20. The van der Waals surface area contributed by atoms with Crippen LogP contribution in [-0.4, -0.2) is 29.8 Å². The number of hydrogen-bond donors (Lipinski definition) is 2. The third kappa shape index (κ3) is 5.46. The van der Waals surface area contributed by atoms with Crippen molar-refractivity contribution in [3.05, 3.63) is 63.6 Å². The van der Waals surface area contributed by atoms with E-state index >= 15 is 0 Å². The smallest absolute Gasteiger partial charge is 0.248 e. The summed E-state index contributed by atoms with van der Waals surface area (Å²) in [5.74, 6) is -0.695. The number of nitrogens with zero attached hydrogens (tertiary/aromatic N) is 1. The van der Waals surface area contributed by atoms with E-state index in [0.29, 0.717) is 34.4 Å². The monoisotopic (exact) mass is 379 g/mol. The zero-order valence-electron chi connectivity index (χ0n) is 13.8. The van der Waals surface area contributed by atoms with Gasteiger partial charge in [-0.25, -0.2) is 0 Å². The molecule has 0 radical (unpaired) electrons. The molecule has 0 fully saturated rings. The van der Waals surface area contributed by atoms with Gasteiger partial charge in [0.2, 0.25) is 11.8 Å². The van der Waals surface area contributed by atoms with Gasteiger partial charge < -0.3 is 11.1 Å². The lowest BCUT2D eigenvalue weighted by atomic mass is 10.1. The van der Waals surface area contributed by atoms with Gasteiger partial charge in [-0.3, -0.25) is 14.5 Å². The molecule has 0 spiro atoms. The minimum absolute atomic E-state index is 0.166. The second kappa shape index (κ2) is 8.85. The molecule has 2 aromatic carbocycles. The Morgan fingerprint density at radius 1 is 1.12 bits per heavy atom. The summed E-state index contributed by atoms with van der Waals surface area (Å²) >= 11 is 12.1. The summed E-state index contributed by atoms with van der Waals surface area (Å²) in [6, 6.07) is 12.1. The average molecular weight is 380 g/mol. The summed E-state index contributed by atoms with van der Waals surface area (Å²) in [4.78, 5) is 25.5. The lowest BCUT2D eigenvalue weighted by Crippen LogP contribution is -2.33. The van der Waals surface area contributed by atoms with E-state index in [0.717, 1.165) is 5.56 Å². The van der Waals surface area contributed by atoms with Crippen molar-refractivity contribution in [2.75, 3.05) is 18.4 Å². The molecule has 0 saturated carbocycles. The first-order chi connectivity index (χ1) is 11.9. The SMILES string of the molecule is CCN(CC(=O)Nc1c(Cl)cccc1Cl)Cc1cccc(C(N)=O)c1. The molecule has 25 heavy (non-hydrogen) atoms. The van der Waals surface area contributed by atoms with Crippen LogP contribution in [0.1, 0.15) is 22.8 Å². The number of nitrogens with two attached hydrogens (primary N) is 1. The Balaban J connectivity index is 2.03. The van der Waals surface area contributed by atoms with Gasteiger partial charge in [0.05, 0.1) is 22.3 Å². The molecule has 0 aliphatic heterocycles. The molecule has 7 heteroatoms. The van der Waals surface area contributed by atoms with Crippen LogP contribution in [0.25, 0.3) is 0 Å². The van der Waals surface area contributed by atoms with E-state index in [2.05, 4.69) is 5.32 Å². The number of amides is 2. The van der Waals surface area contributed by atoms with E-state index in [1.165, 1.54) is 0 Å². The van der Waals surface area contributed by atoms with Crippen molar-refractivity contribution >= 4 is 40.7 Å². The van der Waals surface area contributed by atoms with Crippen LogP contribution in [0.4, 0.5) is 5.69 Å². The molecule has 0 aliphatic carbocycles. The highest BCUT2D eigenvalue weighted by atomic mass is 35.5. The summed E-state index contributed by atoms with van der Waals surface area (Å²) < 4.78 is 0. The Morgan fingerprint density at radius 3 is 2.36 bits per heavy atom. The molecule has 0 unspecified atom stereocenters. The first-order valence-corrected chi connectivity index (χ1v) is 8.51. The van der Waals surface area contributed by atoms with Crippen LogP contribution < -0.4 is 11.1 Å². The Morgan fingerprint density at radius 2 is 1.76 bits per heavy atom. The van der Waals surface area contributed by atoms with Gasteiger partial charge in [-0.15, -0.1) is 0 Å². The predicted molar refractivity (Wildman–Crippen MR) is 101 cm³/mol. The largest absolute Gasteiger partial charge is 0.366 e. The van der Waals surface area contributed by atoms with Crippen LogP contribution in [0.3, 0.4) is 0 Å². The third-order valence-electron chi connectivity index (χ3n) is 3.66. The van der Waals surface area contributed by atoms with Crippen molar-refractivity contribution in [2.24, 2.45) is 5.73 Å². The fraction of sp³-hybridized carbons (Fsp3) is 0.222. The predicted octanol–water partition coefficient (Wildman–Crippen LogP) is 3.55. The molecule has 2 rings (SSSR count). The Kier molecular flexibility index (Phi) is 6.82. The van der Waals surface area contributed by atoms with Gasteiger partial charge in [0, 0.05) is 12.1 Å². The highest BCUT2D eigenvalue weighted by molar-refractivity contribution is 6.39. The molecule has 0 saturated heterocycles. The summed E-state index contributed by atoms with van der Waals surface area (Å²) in [5, 5.41) is 3.51. The molecule has 0 aliphatic rings. The normalized spacial score (nSPS) is 10.7. The van der Waals surface area contributed by atoms with E-state index in [4.69, 9.17) is 28.9 Å². The van der Waals surface area contributed by atoms with E-state index in [-0.39, 0.29) is 12.5 Å². The summed E-state index contributed by atoms with van der Waals surface area (Å²) in [5.41, 5.74) is 7.05. The van der Waals surface area contributed by atoms with Gasteiger partial charge >= 0.3 is 0 Å². The summed E-state index contributed by atoms with van der Waals surface area (Å²) in [7, 11) is 0. The average Bonchev–Trinajstić information content (AvgIpc) is 2.58. The summed E-state index contributed by atoms with van der Waals surface area (Å²) in [6.45, 7) is 3.29. The van der Waals surface area contributed by atoms with Crippen LogP contribution >= 0.6 is 23.2 Å². The second-order valence-electron chi connectivity index (χ2n) is 5.51. The number of likely N-dealkylation sites (N-methyl/N-ethyl adjacent to an activating group) is 1. The molecular weight excluding hydrogens is 361 g/mol. The number of para-hydroxylation sites is 1. The maximum absolute atomic E-state index is 12.3. The zero-order valence-corrected chi connectivity index (χ0v) is 15.3. The zero-order chi connectivity index (χ0) is 18.4. The fourth-order valence-corrected chi connectivity index (χ4v) is 2.85. The quantitative estimate of drug-likeness (QED) is 0.771. The first-order valence-electron chi connectivity index (χ1n) is 7.75. The Hall–Kier alpha value is -2.08. The van der Waals surface area contributed by atoms with Gasteiger partial charge in [0.1, 0.15) is 0 Å². The van der Waals surface area contributed by atoms with E-state index < -0.39 is 5.91 Å². The first kappa shape index (κ1) is 19.2. The minimum atomic E-state index is -0.476. The standard InChI is InChI=1S/C18H19Cl2N3O2/c1-2-23(10-12-5-3-6-13(9-12)18(21)25)11-16(24)22-17-14(19)7-4-8-15(17)20/h3-9H,2,10-11H2,1H3,(H2,21,25)(H,22,24). The molecule has 0 atom stereocenters. The van der Waals surface area contributed by atoms with E-state index in [1.54, 1.807) is 36.4 Å². The number of nitrogens with one attached hydrogen (secondary N) is 1. The number of carbonyl (C=O) groups excluding carboxylic acids is 2. The lowest BCUT2D eigenvalue weighted by molar-refractivity contribution is -0.117. The highest BCUT2D eigenvalue weighted by Gasteiger charge is 2.14. The number of primary amides is 1. The highest BCUT2D eigenvalue weighted by Crippen LogP contribution is 2.29.